The number of aryl methyl sites for hydroxylation is 2. The van der Waals surface area contributed by atoms with Crippen LogP contribution in [0.5, 0.6) is 0 Å². The van der Waals surface area contributed by atoms with E-state index in [-0.39, 0.29) is 17.2 Å². The fourth-order valence-corrected chi connectivity index (χ4v) is 3.95. The van der Waals surface area contributed by atoms with Crippen LogP contribution in [0.2, 0.25) is 0 Å². The molecule has 0 spiro atoms. The molecule has 6 nitrogen and oxygen atoms in total. The van der Waals surface area contributed by atoms with Gasteiger partial charge in [-0.2, -0.15) is 0 Å². The minimum Gasteiger partial charge on any atom is -0.454 e. The minimum absolute atomic E-state index is 0.113. The Morgan fingerprint density at radius 1 is 1.24 bits per heavy atom. The first-order valence-corrected chi connectivity index (χ1v) is 9.05. The molecule has 0 bridgehead atoms. The molecule has 0 saturated carbocycles. The second-order valence-electron chi connectivity index (χ2n) is 5.98. The van der Waals surface area contributed by atoms with Crippen molar-refractivity contribution in [3.8, 4) is 0 Å². The maximum atomic E-state index is 12.4. The van der Waals surface area contributed by atoms with Crippen molar-refractivity contribution in [1.82, 2.24) is 9.55 Å². The molecule has 1 aliphatic carbocycles. The van der Waals surface area contributed by atoms with Gasteiger partial charge in [-0.15, -0.1) is 11.3 Å². The summed E-state index contributed by atoms with van der Waals surface area (Å²) in [6, 6.07) is 8.28. The van der Waals surface area contributed by atoms with Gasteiger partial charge in [0.1, 0.15) is 5.76 Å². The van der Waals surface area contributed by atoms with Gasteiger partial charge in [0, 0.05) is 17.1 Å². The van der Waals surface area contributed by atoms with Crippen LogP contribution in [0.4, 0.5) is 5.13 Å². The third-order valence-corrected chi connectivity index (χ3v) is 5.25. The number of carbonyl (C=O) groups excluding carboxylic acids is 1. The molecule has 128 valence electrons. The molecule has 4 rings (SSSR count). The normalized spacial score (nSPS) is 13.4. The Hall–Kier alpha value is -2.67. The van der Waals surface area contributed by atoms with Crippen molar-refractivity contribution in [1.29, 1.82) is 0 Å². The predicted octanol–water partition coefficient (Wildman–Crippen LogP) is 3.08. The zero-order valence-electron chi connectivity index (χ0n) is 13.5. The molecule has 7 heteroatoms. The summed E-state index contributed by atoms with van der Waals surface area (Å²) in [7, 11) is 0. The van der Waals surface area contributed by atoms with Crippen LogP contribution in [0, 0.1) is 0 Å². The molecule has 1 N–H and O–H groups in total. The van der Waals surface area contributed by atoms with E-state index in [1.165, 1.54) is 33.3 Å². The Morgan fingerprint density at radius 2 is 2.12 bits per heavy atom. The predicted molar refractivity (Wildman–Crippen MR) is 95.2 cm³/mol. The number of anilines is 1. The zero-order valence-corrected chi connectivity index (χ0v) is 14.3. The van der Waals surface area contributed by atoms with E-state index in [0.29, 0.717) is 17.4 Å². The van der Waals surface area contributed by atoms with Crippen LogP contribution in [0.25, 0.3) is 0 Å². The van der Waals surface area contributed by atoms with E-state index in [4.69, 9.17) is 4.42 Å². The van der Waals surface area contributed by atoms with Gasteiger partial charge in [-0.25, -0.2) is 4.98 Å². The van der Waals surface area contributed by atoms with Crippen molar-refractivity contribution >= 4 is 22.4 Å². The maximum absolute atomic E-state index is 12.4. The monoisotopic (exact) mass is 355 g/mol. The molecule has 0 radical (unpaired) electrons. The second-order valence-corrected chi connectivity index (χ2v) is 7.07. The van der Waals surface area contributed by atoms with E-state index in [9.17, 15) is 9.59 Å². The summed E-state index contributed by atoms with van der Waals surface area (Å²) < 4.78 is 7.11. The van der Waals surface area contributed by atoms with E-state index in [0.717, 1.165) is 25.0 Å². The first-order chi connectivity index (χ1) is 12.2. The number of pyridine rings is 1. The van der Waals surface area contributed by atoms with Gasteiger partial charge in [-0.05, 0) is 43.9 Å². The van der Waals surface area contributed by atoms with Crippen LogP contribution >= 0.6 is 11.3 Å². The molecule has 3 aromatic heterocycles. The number of amides is 1. The van der Waals surface area contributed by atoms with Gasteiger partial charge in [-0.1, -0.05) is 6.07 Å². The summed E-state index contributed by atoms with van der Waals surface area (Å²) >= 11 is 1.54. The second kappa shape index (κ2) is 6.68. The summed E-state index contributed by atoms with van der Waals surface area (Å²) in [5.41, 5.74) is 0.994. The number of rotatable bonds is 4. The van der Waals surface area contributed by atoms with Crippen molar-refractivity contribution in [2.24, 2.45) is 0 Å². The highest BCUT2D eigenvalue weighted by Crippen LogP contribution is 2.29. The zero-order chi connectivity index (χ0) is 17.2. The molecular weight excluding hydrogens is 338 g/mol. The largest absolute Gasteiger partial charge is 0.454 e. The smallest absolute Gasteiger partial charge is 0.293 e. The lowest BCUT2D eigenvalue weighted by Gasteiger charge is -2.06. The Morgan fingerprint density at radius 3 is 2.96 bits per heavy atom. The molecule has 1 aliphatic rings. The van der Waals surface area contributed by atoms with Crippen molar-refractivity contribution < 1.29 is 9.21 Å². The lowest BCUT2D eigenvalue weighted by Crippen LogP contribution is -2.18. The summed E-state index contributed by atoms with van der Waals surface area (Å²) in [6.07, 6.45) is 6.05. The van der Waals surface area contributed by atoms with Crippen LogP contribution in [0.15, 0.2) is 45.7 Å². The summed E-state index contributed by atoms with van der Waals surface area (Å²) in [6.45, 7) is 0.290. The SMILES string of the molecule is O=C(Nc1nc2c(s1)CCCC2)c1ccc(Cn2ccccc2=O)o1. The van der Waals surface area contributed by atoms with Crippen LogP contribution in [-0.2, 0) is 19.4 Å². The molecule has 0 saturated heterocycles. The molecule has 3 heterocycles. The number of hydrogen-bond acceptors (Lipinski definition) is 5. The number of thiazole rings is 1. The van der Waals surface area contributed by atoms with Crippen molar-refractivity contribution in [2.75, 3.05) is 5.32 Å². The fraction of sp³-hybridized carbons (Fsp3) is 0.278. The standard InChI is InChI=1S/C18H17N3O3S/c22-16-7-3-4-10-21(16)11-12-8-9-14(24-12)17(23)20-18-19-13-5-1-2-6-15(13)25-18/h3-4,7-10H,1-2,5-6,11H2,(H,19,20,23). The lowest BCUT2D eigenvalue weighted by molar-refractivity contribution is 0.0994. The van der Waals surface area contributed by atoms with Gasteiger partial charge in [0.15, 0.2) is 10.9 Å². The number of carbonyl (C=O) groups is 1. The molecule has 0 fully saturated rings. The van der Waals surface area contributed by atoms with Crippen molar-refractivity contribution in [2.45, 2.75) is 32.2 Å². The van der Waals surface area contributed by atoms with E-state index in [1.807, 2.05) is 0 Å². The first-order valence-electron chi connectivity index (χ1n) is 8.23. The Labute approximate surface area is 148 Å². The average molecular weight is 355 g/mol. The quantitative estimate of drug-likeness (QED) is 0.780. The average Bonchev–Trinajstić information content (AvgIpc) is 3.23. The van der Waals surface area contributed by atoms with Crippen LogP contribution in [0.1, 0.15) is 39.7 Å². The van der Waals surface area contributed by atoms with Gasteiger partial charge in [0.2, 0.25) is 0 Å². The number of nitrogens with zero attached hydrogens (tertiary/aromatic N) is 2. The summed E-state index contributed by atoms with van der Waals surface area (Å²) in [5, 5.41) is 3.43. The van der Waals surface area contributed by atoms with E-state index in [2.05, 4.69) is 10.3 Å². The topological polar surface area (TPSA) is 77.1 Å². The number of furan rings is 1. The van der Waals surface area contributed by atoms with Gasteiger partial charge in [-0.3, -0.25) is 14.9 Å². The third kappa shape index (κ3) is 3.41. The Kier molecular flexibility index (Phi) is 4.23. The number of nitrogens with one attached hydrogen (secondary N) is 1. The van der Waals surface area contributed by atoms with Crippen molar-refractivity contribution in [3.63, 3.8) is 0 Å². The van der Waals surface area contributed by atoms with Crippen LogP contribution in [-0.4, -0.2) is 15.5 Å². The van der Waals surface area contributed by atoms with Crippen LogP contribution < -0.4 is 10.9 Å². The third-order valence-electron chi connectivity index (χ3n) is 4.18. The van der Waals surface area contributed by atoms with Gasteiger partial charge >= 0.3 is 0 Å². The molecule has 3 aromatic rings. The maximum Gasteiger partial charge on any atom is 0.293 e. The highest BCUT2D eigenvalue weighted by atomic mass is 32.1. The minimum atomic E-state index is -0.322. The van der Waals surface area contributed by atoms with E-state index < -0.39 is 0 Å². The van der Waals surface area contributed by atoms with Crippen molar-refractivity contribution in [3.05, 3.63) is 69.0 Å². The fourth-order valence-electron chi connectivity index (χ4n) is 2.91. The molecule has 1 amide bonds. The lowest BCUT2D eigenvalue weighted by atomic mass is 10.0. The van der Waals surface area contributed by atoms with Gasteiger partial charge in [0.05, 0.1) is 12.2 Å². The molecule has 25 heavy (non-hydrogen) atoms. The number of hydrogen-bond donors (Lipinski definition) is 1. The van der Waals surface area contributed by atoms with Gasteiger partial charge in [0.25, 0.3) is 11.5 Å². The Balaban J connectivity index is 1.46. The highest BCUT2D eigenvalue weighted by molar-refractivity contribution is 7.15. The highest BCUT2D eigenvalue weighted by Gasteiger charge is 2.18. The molecule has 0 aromatic carbocycles. The van der Waals surface area contributed by atoms with Gasteiger partial charge < -0.3 is 8.98 Å². The summed E-state index contributed by atoms with van der Waals surface area (Å²) in [5.74, 6) is 0.446. The number of aromatic nitrogens is 2. The Bertz CT molecular complexity index is 946. The molecule has 0 unspecified atom stereocenters. The van der Waals surface area contributed by atoms with E-state index in [1.54, 1.807) is 30.5 Å². The molecular formula is C18H17N3O3S. The molecule has 0 atom stereocenters. The number of fused-ring (bicyclic) bond motifs is 1. The summed E-state index contributed by atoms with van der Waals surface area (Å²) in [4.78, 5) is 29.9. The van der Waals surface area contributed by atoms with E-state index >= 15 is 0 Å². The van der Waals surface area contributed by atoms with Crippen LogP contribution in [0.3, 0.4) is 0 Å². The molecule has 0 aliphatic heterocycles. The first kappa shape index (κ1) is 15.8.